The SMILES string of the molecule is Cc1ccc(NC(=O)c2cnc(N(Cc3ccccc3)C(C)C)cn2)cc1. The molecule has 1 N–H and O–H groups in total. The summed E-state index contributed by atoms with van der Waals surface area (Å²) in [7, 11) is 0. The number of nitrogens with zero attached hydrogens (tertiary/aromatic N) is 3. The van der Waals surface area contributed by atoms with Crippen LogP contribution in [0, 0.1) is 6.92 Å². The molecule has 138 valence electrons. The van der Waals surface area contributed by atoms with Gasteiger partial charge in [-0.2, -0.15) is 0 Å². The van der Waals surface area contributed by atoms with Crippen LogP contribution in [0.1, 0.15) is 35.5 Å². The lowest BCUT2D eigenvalue weighted by molar-refractivity contribution is 0.102. The molecule has 0 radical (unpaired) electrons. The highest BCUT2D eigenvalue weighted by Gasteiger charge is 2.15. The quantitative estimate of drug-likeness (QED) is 0.705. The number of hydrogen-bond acceptors (Lipinski definition) is 4. The molecule has 0 saturated heterocycles. The molecule has 0 atom stereocenters. The average molecular weight is 360 g/mol. The average Bonchev–Trinajstić information content (AvgIpc) is 2.68. The Morgan fingerprint density at radius 1 is 1.00 bits per heavy atom. The van der Waals surface area contributed by atoms with Gasteiger partial charge in [-0.1, -0.05) is 48.0 Å². The molecule has 0 saturated carbocycles. The number of aryl methyl sites for hydroxylation is 1. The van der Waals surface area contributed by atoms with E-state index in [4.69, 9.17) is 0 Å². The first-order chi connectivity index (χ1) is 13.0. The lowest BCUT2D eigenvalue weighted by Gasteiger charge is -2.27. The van der Waals surface area contributed by atoms with Crippen LogP contribution in [-0.4, -0.2) is 21.9 Å². The molecule has 0 bridgehead atoms. The maximum atomic E-state index is 12.4. The van der Waals surface area contributed by atoms with Crippen LogP contribution < -0.4 is 10.2 Å². The second kappa shape index (κ2) is 8.45. The minimum Gasteiger partial charge on any atom is -0.349 e. The van der Waals surface area contributed by atoms with E-state index in [-0.39, 0.29) is 11.9 Å². The highest BCUT2D eigenvalue weighted by atomic mass is 16.1. The predicted octanol–water partition coefficient (Wildman–Crippen LogP) is 4.45. The number of benzene rings is 2. The van der Waals surface area contributed by atoms with Gasteiger partial charge in [-0.3, -0.25) is 4.79 Å². The monoisotopic (exact) mass is 360 g/mol. The largest absolute Gasteiger partial charge is 0.349 e. The van der Waals surface area contributed by atoms with Crippen molar-refractivity contribution in [2.24, 2.45) is 0 Å². The van der Waals surface area contributed by atoms with Gasteiger partial charge < -0.3 is 10.2 Å². The fourth-order valence-electron chi connectivity index (χ4n) is 2.73. The molecule has 0 spiro atoms. The van der Waals surface area contributed by atoms with E-state index in [1.165, 1.54) is 11.8 Å². The molecule has 5 heteroatoms. The van der Waals surface area contributed by atoms with Gasteiger partial charge in [0.1, 0.15) is 11.5 Å². The fourth-order valence-corrected chi connectivity index (χ4v) is 2.73. The number of amides is 1. The summed E-state index contributed by atoms with van der Waals surface area (Å²) in [5.74, 6) is 0.484. The van der Waals surface area contributed by atoms with Crippen molar-refractivity contribution in [1.29, 1.82) is 0 Å². The highest BCUT2D eigenvalue weighted by molar-refractivity contribution is 6.02. The summed E-state index contributed by atoms with van der Waals surface area (Å²) < 4.78 is 0. The zero-order valence-electron chi connectivity index (χ0n) is 15.9. The van der Waals surface area contributed by atoms with Gasteiger partial charge in [0, 0.05) is 18.3 Å². The van der Waals surface area contributed by atoms with Gasteiger partial charge in [0.05, 0.1) is 12.4 Å². The molecule has 1 amide bonds. The summed E-state index contributed by atoms with van der Waals surface area (Å²) in [6, 6.07) is 18.1. The molecule has 0 unspecified atom stereocenters. The van der Waals surface area contributed by atoms with E-state index in [2.05, 4.69) is 46.2 Å². The topological polar surface area (TPSA) is 58.1 Å². The summed E-state index contributed by atoms with van der Waals surface area (Å²) >= 11 is 0. The summed E-state index contributed by atoms with van der Waals surface area (Å²) in [6.07, 6.45) is 3.19. The van der Waals surface area contributed by atoms with Crippen molar-refractivity contribution < 1.29 is 4.79 Å². The Kier molecular flexibility index (Phi) is 5.81. The van der Waals surface area contributed by atoms with Crippen molar-refractivity contribution in [1.82, 2.24) is 9.97 Å². The maximum Gasteiger partial charge on any atom is 0.275 e. The summed E-state index contributed by atoms with van der Waals surface area (Å²) in [4.78, 5) is 23.3. The molecule has 1 heterocycles. The Hall–Kier alpha value is -3.21. The van der Waals surface area contributed by atoms with Crippen LogP contribution in [0.15, 0.2) is 67.0 Å². The van der Waals surface area contributed by atoms with Crippen LogP contribution in [0.5, 0.6) is 0 Å². The lowest BCUT2D eigenvalue weighted by Crippen LogP contribution is -2.31. The van der Waals surface area contributed by atoms with E-state index in [0.29, 0.717) is 5.69 Å². The van der Waals surface area contributed by atoms with Gasteiger partial charge >= 0.3 is 0 Å². The van der Waals surface area contributed by atoms with Gasteiger partial charge in [0.2, 0.25) is 0 Å². The van der Waals surface area contributed by atoms with Crippen molar-refractivity contribution in [2.45, 2.75) is 33.4 Å². The molecule has 0 aliphatic rings. The van der Waals surface area contributed by atoms with E-state index in [1.54, 1.807) is 6.20 Å². The number of nitrogens with one attached hydrogen (secondary N) is 1. The second-order valence-electron chi connectivity index (χ2n) is 6.79. The molecule has 2 aromatic carbocycles. The summed E-state index contributed by atoms with van der Waals surface area (Å²) in [5.41, 5.74) is 3.38. The smallest absolute Gasteiger partial charge is 0.275 e. The van der Waals surface area contributed by atoms with E-state index in [1.807, 2.05) is 49.4 Å². The molecule has 0 fully saturated rings. The van der Waals surface area contributed by atoms with E-state index >= 15 is 0 Å². The number of aromatic nitrogens is 2. The van der Waals surface area contributed by atoms with Crippen LogP contribution >= 0.6 is 0 Å². The third-order valence-electron chi connectivity index (χ3n) is 4.29. The Morgan fingerprint density at radius 2 is 1.70 bits per heavy atom. The first kappa shape index (κ1) is 18.6. The number of carbonyl (C=O) groups excluding carboxylic acids is 1. The van der Waals surface area contributed by atoms with Crippen LogP contribution in [-0.2, 0) is 6.54 Å². The second-order valence-corrected chi connectivity index (χ2v) is 6.79. The van der Waals surface area contributed by atoms with Gasteiger partial charge in [-0.25, -0.2) is 9.97 Å². The van der Waals surface area contributed by atoms with E-state index < -0.39 is 0 Å². The predicted molar refractivity (Wildman–Crippen MR) is 109 cm³/mol. The molecule has 3 aromatic rings. The van der Waals surface area contributed by atoms with E-state index in [0.717, 1.165) is 23.6 Å². The minimum atomic E-state index is -0.267. The van der Waals surface area contributed by atoms with Crippen LogP contribution in [0.4, 0.5) is 11.5 Å². The van der Waals surface area contributed by atoms with Crippen molar-refractivity contribution in [3.63, 3.8) is 0 Å². The standard InChI is InChI=1S/C22H24N4O/c1-16(2)26(15-18-7-5-4-6-8-18)21-14-23-20(13-24-21)22(27)25-19-11-9-17(3)10-12-19/h4-14,16H,15H2,1-3H3,(H,25,27). The molecule has 27 heavy (non-hydrogen) atoms. The van der Waals surface area contributed by atoms with Crippen LogP contribution in [0.2, 0.25) is 0 Å². The summed E-state index contributed by atoms with van der Waals surface area (Å²) in [5, 5.41) is 2.84. The van der Waals surface area contributed by atoms with Gasteiger partial charge in [-0.05, 0) is 38.5 Å². The fraction of sp³-hybridized carbons (Fsp3) is 0.227. The van der Waals surface area contributed by atoms with E-state index in [9.17, 15) is 4.79 Å². The first-order valence-electron chi connectivity index (χ1n) is 9.03. The normalized spacial score (nSPS) is 10.7. The Balaban J connectivity index is 1.72. The van der Waals surface area contributed by atoms with Crippen molar-refractivity contribution in [2.75, 3.05) is 10.2 Å². The molecular weight excluding hydrogens is 336 g/mol. The molecule has 0 aliphatic carbocycles. The highest BCUT2D eigenvalue weighted by Crippen LogP contribution is 2.17. The van der Waals surface area contributed by atoms with Gasteiger partial charge in [0.15, 0.2) is 0 Å². The third kappa shape index (κ3) is 4.91. The first-order valence-corrected chi connectivity index (χ1v) is 9.03. The maximum absolute atomic E-state index is 12.4. The third-order valence-corrected chi connectivity index (χ3v) is 4.29. The van der Waals surface area contributed by atoms with Gasteiger partial charge in [0.25, 0.3) is 5.91 Å². The summed E-state index contributed by atoms with van der Waals surface area (Å²) in [6.45, 7) is 6.97. The molecule has 5 nitrogen and oxygen atoms in total. The number of hydrogen-bond donors (Lipinski definition) is 1. The minimum absolute atomic E-state index is 0.256. The number of carbonyl (C=O) groups is 1. The molecule has 1 aromatic heterocycles. The lowest BCUT2D eigenvalue weighted by atomic mass is 10.2. The Bertz CT molecular complexity index is 874. The Labute approximate surface area is 160 Å². The van der Waals surface area contributed by atoms with Crippen molar-refractivity contribution in [3.8, 4) is 0 Å². The Morgan fingerprint density at radius 3 is 2.30 bits per heavy atom. The zero-order chi connectivity index (χ0) is 19.2. The number of rotatable bonds is 6. The van der Waals surface area contributed by atoms with Gasteiger partial charge in [-0.15, -0.1) is 0 Å². The van der Waals surface area contributed by atoms with Crippen molar-refractivity contribution >= 4 is 17.4 Å². The molecular formula is C22H24N4O. The van der Waals surface area contributed by atoms with Crippen LogP contribution in [0.3, 0.4) is 0 Å². The molecule has 0 aliphatic heterocycles. The molecule has 3 rings (SSSR count). The zero-order valence-corrected chi connectivity index (χ0v) is 15.9. The van der Waals surface area contributed by atoms with Crippen LogP contribution in [0.25, 0.3) is 0 Å². The number of anilines is 2. The van der Waals surface area contributed by atoms with Crippen molar-refractivity contribution in [3.05, 3.63) is 83.8 Å².